The summed E-state index contributed by atoms with van der Waals surface area (Å²) in [6.45, 7) is 6.42. The first-order valence-corrected chi connectivity index (χ1v) is 26.1. The molecule has 0 spiro atoms. The van der Waals surface area contributed by atoms with E-state index in [1.54, 1.807) is 0 Å². The zero-order valence-corrected chi connectivity index (χ0v) is 40.3. The summed E-state index contributed by atoms with van der Waals surface area (Å²) in [6, 6.07) is -0.713. The first-order valence-electron chi connectivity index (χ1n) is 26.1. The van der Waals surface area contributed by atoms with Gasteiger partial charge in [-0.15, -0.1) is 0 Å². The van der Waals surface area contributed by atoms with Crippen LogP contribution in [-0.2, 0) is 14.3 Å². The molecule has 0 aliphatic heterocycles. The van der Waals surface area contributed by atoms with Gasteiger partial charge in [-0.05, 0) is 77.0 Å². The van der Waals surface area contributed by atoms with Gasteiger partial charge in [-0.3, -0.25) is 9.59 Å². The average Bonchev–Trinajstić information content (AvgIpc) is 3.25. The Morgan fingerprint density at radius 1 is 0.475 bits per heavy atom. The Kier molecular flexibility index (Phi) is 46.6. The molecule has 0 saturated carbocycles. The number of nitrogens with one attached hydrogen (secondary N) is 1. The van der Waals surface area contributed by atoms with E-state index in [-0.39, 0.29) is 24.9 Å². The predicted octanol–water partition coefficient (Wildman–Crippen LogP) is 15.6. The molecule has 0 aromatic heterocycles. The van der Waals surface area contributed by atoms with Crippen molar-refractivity contribution in [1.29, 1.82) is 0 Å². The number of allylic oxidation sites excluding steroid dienone is 10. The van der Waals surface area contributed by atoms with Crippen LogP contribution >= 0.6 is 0 Å². The Morgan fingerprint density at radius 3 is 1.30 bits per heavy atom. The highest BCUT2D eigenvalue weighted by Crippen LogP contribution is 2.17. The zero-order chi connectivity index (χ0) is 44.5. The van der Waals surface area contributed by atoms with Gasteiger partial charge in [0, 0.05) is 6.42 Å². The minimum atomic E-state index is -0.797. The summed E-state index contributed by atoms with van der Waals surface area (Å²) in [5.41, 5.74) is 0. The van der Waals surface area contributed by atoms with Gasteiger partial charge < -0.3 is 20.3 Å². The fraction of sp³-hybridized carbons (Fsp3) is 0.782. The van der Waals surface area contributed by atoms with Crippen LogP contribution in [-0.4, -0.2) is 46.9 Å². The third kappa shape index (κ3) is 44.0. The summed E-state index contributed by atoms with van der Waals surface area (Å²) in [6.07, 6.45) is 59.9. The lowest BCUT2D eigenvalue weighted by atomic mass is 10.0. The number of carbonyl (C=O) groups excluding carboxylic acids is 2. The van der Waals surface area contributed by atoms with Crippen LogP contribution in [0.3, 0.4) is 0 Å². The second-order valence-corrected chi connectivity index (χ2v) is 17.7. The van der Waals surface area contributed by atoms with Crippen molar-refractivity contribution in [2.24, 2.45) is 0 Å². The first kappa shape index (κ1) is 58.6. The van der Waals surface area contributed by atoms with E-state index >= 15 is 0 Å². The molecule has 3 atom stereocenters. The SMILES string of the molecule is CCCCC/C=C/C=C/CCCCCCC(CC(=O)NC(CO)C(O)CCCCCCCCCCCCC)OC(=O)CCCCCCC/C=C/C=C/C=C/CCCCCCC. The van der Waals surface area contributed by atoms with E-state index in [1.807, 2.05) is 0 Å². The topological polar surface area (TPSA) is 95.9 Å². The molecule has 0 aromatic carbocycles. The van der Waals surface area contributed by atoms with Crippen LogP contribution in [0.5, 0.6) is 0 Å². The van der Waals surface area contributed by atoms with Gasteiger partial charge in [0.05, 0.1) is 25.2 Å². The van der Waals surface area contributed by atoms with Crippen molar-refractivity contribution in [3.8, 4) is 0 Å². The van der Waals surface area contributed by atoms with Crippen LogP contribution in [0.4, 0.5) is 0 Å². The number of unbranched alkanes of at least 4 members (excludes halogenated alkanes) is 27. The maximum atomic E-state index is 13.2. The van der Waals surface area contributed by atoms with Gasteiger partial charge in [-0.2, -0.15) is 0 Å². The van der Waals surface area contributed by atoms with Crippen molar-refractivity contribution in [2.75, 3.05) is 6.61 Å². The summed E-state index contributed by atoms with van der Waals surface area (Å²) >= 11 is 0. The fourth-order valence-electron chi connectivity index (χ4n) is 7.66. The van der Waals surface area contributed by atoms with Crippen molar-refractivity contribution < 1.29 is 24.5 Å². The zero-order valence-electron chi connectivity index (χ0n) is 40.3. The molecule has 1 amide bonds. The van der Waals surface area contributed by atoms with Crippen molar-refractivity contribution in [3.05, 3.63) is 60.8 Å². The van der Waals surface area contributed by atoms with E-state index in [0.29, 0.717) is 19.3 Å². The van der Waals surface area contributed by atoms with E-state index in [1.165, 1.54) is 109 Å². The summed E-state index contributed by atoms with van der Waals surface area (Å²) in [7, 11) is 0. The molecule has 0 bridgehead atoms. The number of rotatable bonds is 46. The van der Waals surface area contributed by atoms with Crippen LogP contribution in [0, 0.1) is 0 Å². The number of aliphatic hydroxyl groups is 2. The number of aliphatic hydroxyl groups excluding tert-OH is 2. The number of amides is 1. The van der Waals surface area contributed by atoms with Crippen molar-refractivity contribution in [3.63, 3.8) is 0 Å². The van der Waals surface area contributed by atoms with Gasteiger partial charge in [0.1, 0.15) is 6.10 Å². The molecule has 3 unspecified atom stereocenters. The van der Waals surface area contributed by atoms with Crippen LogP contribution in [0.15, 0.2) is 60.8 Å². The first-order chi connectivity index (χ1) is 30.0. The van der Waals surface area contributed by atoms with Crippen LogP contribution in [0.2, 0.25) is 0 Å². The van der Waals surface area contributed by atoms with E-state index in [0.717, 1.165) is 96.3 Å². The monoisotopic (exact) mass is 854 g/mol. The molecule has 61 heavy (non-hydrogen) atoms. The van der Waals surface area contributed by atoms with E-state index in [9.17, 15) is 19.8 Å². The van der Waals surface area contributed by atoms with Gasteiger partial charge >= 0.3 is 5.97 Å². The molecular weight excluding hydrogens is 755 g/mol. The van der Waals surface area contributed by atoms with Crippen molar-refractivity contribution in [2.45, 2.75) is 270 Å². The Balaban J connectivity index is 4.63. The maximum absolute atomic E-state index is 13.2. The average molecular weight is 854 g/mol. The minimum Gasteiger partial charge on any atom is -0.462 e. The van der Waals surface area contributed by atoms with Gasteiger partial charge in [0.2, 0.25) is 5.91 Å². The third-order valence-corrected chi connectivity index (χ3v) is 11.7. The molecular formula is C55H99NO5. The largest absolute Gasteiger partial charge is 0.462 e. The van der Waals surface area contributed by atoms with Gasteiger partial charge in [0.15, 0.2) is 0 Å². The van der Waals surface area contributed by atoms with Crippen molar-refractivity contribution >= 4 is 11.9 Å². The lowest BCUT2D eigenvalue weighted by Crippen LogP contribution is -2.46. The number of hydrogen-bond donors (Lipinski definition) is 3. The van der Waals surface area contributed by atoms with Gasteiger partial charge in [0.25, 0.3) is 0 Å². The van der Waals surface area contributed by atoms with Crippen LogP contribution < -0.4 is 5.32 Å². The Morgan fingerprint density at radius 2 is 0.836 bits per heavy atom. The summed E-state index contributed by atoms with van der Waals surface area (Å²) in [5, 5.41) is 23.7. The lowest BCUT2D eigenvalue weighted by molar-refractivity contribution is -0.151. The molecule has 6 heteroatoms. The lowest BCUT2D eigenvalue weighted by Gasteiger charge is -2.24. The highest BCUT2D eigenvalue weighted by molar-refractivity contribution is 5.77. The summed E-state index contributed by atoms with van der Waals surface area (Å²) < 4.78 is 5.92. The maximum Gasteiger partial charge on any atom is 0.306 e. The van der Waals surface area contributed by atoms with Crippen LogP contribution in [0.1, 0.15) is 252 Å². The normalized spacial score (nSPS) is 13.7. The second kappa shape index (κ2) is 48.6. The molecule has 6 nitrogen and oxygen atoms in total. The number of hydrogen-bond acceptors (Lipinski definition) is 5. The fourth-order valence-corrected chi connectivity index (χ4v) is 7.66. The Bertz CT molecular complexity index is 1090. The summed E-state index contributed by atoms with van der Waals surface area (Å²) in [5.74, 6) is -0.516. The van der Waals surface area contributed by atoms with Crippen LogP contribution in [0.25, 0.3) is 0 Å². The Hall–Kier alpha value is -2.44. The van der Waals surface area contributed by atoms with E-state index in [4.69, 9.17) is 4.74 Å². The molecule has 354 valence electrons. The molecule has 0 fully saturated rings. The molecule has 0 aliphatic carbocycles. The molecule has 0 saturated heterocycles. The molecule has 0 heterocycles. The molecule has 0 aromatic rings. The highest BCUT2D eigenvalue weighted by Gasteiger charge is 2.24. The third-order valence-electron chi connectivity index (χ3n) is 11.7. The highest BCUT2D eigenvalue weighted by atomic mass is 16.5. The number of ether oxygens (including phenoxy) is 1. The van der Waals surface area contributed by atoms with E-state index < -0.39 is 18.2 Å². The standard InChI is InChI=1S/C55H99NO5/c1-4-7-10-13-16-19-22-24-25-26-27-28-30-33-36-39-42-45-48-55(60)61-51(46-43-40-37-34-32-29-23-20-17-14-11-8-5-2)49-54(59)56-52(50-57)53(58)47-44-41-38-35-31-21-18-15-12-9-6-3/h17,20,22-29,51-53,57-58H,4-16,18-19,21,30-50H2,1-3H3,(H,56,59)/b20-17+,24-22+,26-25+,28-27+,29-23+. The second-order valence-electron chi connectivity index (χ2n) is 17.7. The minimum absolute atomic E-state index is 0.0544. The smallest absolute Gasteiger partial charge is 0.306 e. The molecule has 3 N–H and O–H groups in total. The van der Waals surface area contributed by atoms with E-state index in [2.05, 4.69) is 86.8 Å². The summed E-state index contributed by atoms with van der Waals surface area (Å²) in [4.78, 5) is 26.1. The number of carbonyl (C=O) groups is 2. The van der Waals surface area contributed by atoms with Crippen molar-refractivity contribution in [1.82, 2.24) is 5.32 Å². The number of esters is 1. The predicted molar refractivity (Wildman–Crippen MR) is 264 cm³/mol. The van der Waals surface area contributed by atoms with Gasteiger partial charge in [-0.1, -0.05) is 223 Å². The Labute approximate surface area is 378 Å². The molecule has 0 aliphatic rings. The van der Waals surface area contributed by atoms with Gasteiger partial charge in [-0.25, -0.2) is 0 Å². The molecule has 0 rings (SSSR count). The quantitative estimate of drug-likeness (QED) is 0.0322. The molecule has 0 radical (unpaired) electrons.